The van der Waals surface area contributed by atoms with Crippen LogP contribution in [-0.2, 0) is 0 Å². The van der Waals surface area contributed by atoms with Crippen LogP contribution in [0.2, 0.25) is 0 Å². The van der Waals surface area contributed by atoms with Crippen molar-refractivity contribution >= 4 is 11.4 Å². The van der Waals surface area contributed by atoms with E-state index < -0.39 is 0 Å². The van der Waals surface area contributed by atoms with Crippen molar-refractivity contribution in [3.8, 4) is 0 Å². The Labute approximate surface area is 82.2 Å². The predicted molar refractivity (Wildman–Crippen MR) is 55.0 cm³/mol. The summed E-state index contributed by atoms with van der Waals surface area (Å²) in [4.78, 5) is 0. The van der Waals surface area contributed by atoms with Gasteiger partial charge in [-0.3, -0.25) is 0 Å². The Morgan fingerprint density at radius 3 is 2.07 bits per heavy atom. The van der Waals surface area contributed by atoms with Crippen molar-refractivity contribution in [3.05, 3.63) is 60.4 Å². The first-order valence-electron chi connectivity index (χ1n) is 4.33. The molecule has 0 fully saturated rings. The van der Waals surface area contributed by atoms with Crippen LogP contribution in [-0.4, -0.2) is 0 Å². The first-order chi connectivity index (χ1) is 6.84. The highest BCUT2D eigenvalue weighted by Crippen LogP contribution is 2.15. The fraction of sp³-hybridized carbons (Fsp3) is 0. The summed E-state index contributed by atoms with van der Waals surface area (Å²) in [6, 6.07) is 16.6. The lowest BCUT2D eigenvalue weighted by Crippen LogP contribution is -1.89. The Morgan fingerprint density at radius 1 is 0.857 bits per heavy atom. The Kier molecular flexibility index (Phi) is 2.45. The van der Waals surface area contributed by atoms with Crippen molar-refractivity contribution in [2.75, 3.05) is 5.32 Å². The number of anilines is 2. The third-order valence-corrected chi connectivity index (χ3v) is 1.85. The largest absolute Gasteiger partial charge is 0.356 e. The molecular formula is C12H9FN. The third kappa shape index (κ3) is 2.10. The Balaban J connectivity index is 2.16. The lowest BCUT2D eigenvalue weighted by Gasteiger charge is -2.04. The molecule has 0 aliphatic rings. The highest BCUT2D eigenvalue weighted by molar-refractivity contribution is 5.58. The lowest BCUT2D eigenvalue weighted by molar-refractivity contribution is 0.628. The summed E-state index contributed by atoms with van der Waals surface area (Å²) in [5.41, 5.74) is 1.84. The van der Waals surface area contributed by atoms with Crippen LogP contribution in [0.1, 0.15) is 0 Å². The zero-order valence-corrected chi connectivity index (χ0v) is 7.50. The number of nitrogens with one attached hydrogen (secondary N) is 1. The molecular weight excluding hydrogens is 177 g/mol. The van der Waals surface area contributed by atoms with Crippen LogP contribution in [0, 0.1) is 11.9 Å². The van der Waals surface area contributed by atoms with Gasteiger partial charge in [0.2, 0.25) is 0 Å². The zero-order chi connectivity index (χ0) is 9.80. The standard InChI is InChI=1S/C12H9FN/c13-10-6-8-12(9-7-10)14-11-4-2-1-3-5-11/h2-9,14H. The van der Waals surface area contributed by atoms with E-state index in [0.29, 0.717) is 0 Å². The van der Waals surface area contributed by atoms with Gasteiger partial charge in [-0.2, -0.15) is 0 Å². The van der Waals surface area contributed by atoms with Crippen LogP contribution in [0.25, 0.3) is 0 Å². The topological polar surface area (TPSA) is 12.0 Å². The smallest absolute Gasteiger partial charge is 0.123 e. The van der Waals surface area contributed by atoms with Gasteiger partial charge < -0.3 is 5.32 Å². The van der Waals surface area contributed by atoms with Gasteiger partial charge in [-0.05, 0) is 42.5 Å². The molecule has 0 aliphatic heterocycles. The lowest BCUT2D eigenvalue weighted by atomic mass is 10.2. The van der Waals surface area contributed by atoms with Gasteiger partial charge in [0.1, 0.15) is 5.82 Å². The average molecular weight is 186 g/mol. The summed E-state index contributed by atoms with van der Waals surface area (Å²) in [5.74, 6) is -0.225. The molecule has 1 N–H and O–H groups in total. The maximum Gasteiger partial charge on any atom is 0.123 e. The van der Waals surface area contributed by atoms with Gasteiger partial charge in [-0.1, -0.05) is 12.1 Å². The summed E-state index contributed by atoms with van der Waals surface area (Å²) in [7, 11) is 0. The molecule has 69 valence electrons. The molecule has 0 spiro atoms. The van der Waals surface area contributed by atoms with Gasteiger partial charge in [0, 0.05) is 11.4 Å². The Morgan fingerprint density at radius 2 is 1.43 bits per heavy atom. The van der Waals surface area contributed by atoms with E-state index in [2.05, 4.69) is 11.4 Å². The third-order valence-electron chi connectivity index (χ3n) is 1.85. The summed E-state index contributed by atoms with van der Waals surface area (Å²) < 4.78 is 12.6. The first-order valence-corrected chi connectivity index (χ1v) is 4.33. The van der Waals surface area contributed by atoms with Crippen LogP contribution >= 0.6 is 0 Å². The molecule has 2 heteroatoms. The van der Waals surface area contributed by atoms with Crippen molar-refractivity contribution in [1.82, 2.24) is 0 Å². The number of hydrogen-bond donors (Lipinski definition) is 1. The van der Waals surface area contributed by atoms with Crippen molar-refractivity contribution in [3.63, 3.8) is 0 Å². The van der Waals surface area contributed by atoms with E-state index in [-0.39, 0.29) is 5.82 Å². The van der Waals surface area contributed by atoms with E-state index in [1.54, 1.807) is 12.1 Å². The van der Waals surface area contributed by atoms with Gasteiger partial charge >= 0.3 is 0 Å². The Hall–Kier alpha value is -1.83. The molecule has 2 aromatic carbocycles. The molecule has 0 amide bonds. The van der Waals surface area contributed by atoms with Gasteiger partial charge in [0.05, 0.1) is 0 Å². The minimum absolute atomic E-state index is 0.225. The predicted octanol–water partition coefficient (Wildman–Crippen LogP) is 3.37. The number of benzene rings is 2. The zero-order valence-electron chi connectivity index (χ0n) is 7.50. The molecule has 0 unspecified atom stereocenters. The van der Waals surface area contributed by atoms with E-state index >= 15 is 0 Å². The van der Waals surface area contributed by atoms with Crippen molar-refractivity contribution in [2.24, 2.45) is 0 Å². The SMILES string of the molecule is Fc1ccc(Nc2cc[c]cc2)cc1. The van der Waals surface area contributed by atoms with E-state index in [9.17, 15) is 4.39 Å². The average Bonchev–Trinajstić information content (AvgIpc) is 2.23. The highest BCUT2D eigenvalue weighted by Gasteiger charge is 1.93. The summed E-state index contributed by atoms with van der Waals surface area (Å²) in [6.07, 6.45) is 0. The molecule has 0 atom stereocenters. The number of hydrogen-bond acceptors (Lipinski definition) is 1. The van der Waals surface area contributed by atoms with Crippen LogP contribution < -0.4 is 5.32 Å². The molecule has 0 bridgehead atoms. The summed E-state index contributed by atoms with van der Waals surface area (Å²) >= 11 is 0. The van der Waals surface area contributed by atoms with Gasteiger partial charge in [-0.15, -0.1) is 0 Å². The van der Waals surface area contributed by atoms with Crippen LogP contribution in [0.15, 0.2) is 48.5 Å². The molecule has 2 rings (SSSR count). The van der Waals surface area contributed by atoms with E-state index in [1.165, 1.54) is 12.1 Å². The second-order valence-corrected chi connectivity index (χ2v) is 2.92. The minimum atomic E-state index is -0.225. The number of rotatable bonds is 2. The fourth-order valence-electron chi connectivity index (χ4n) is 1.17. The monoisotopic (exact) mass is 186 g/mol. The maximum atomic E-state index is 12.6. The molecule has 0 aromatic heterocycles. The van der Waals surface area contributed by atoms with Gasteiger partial charge in [0.25, 0.3) is 0 Å². The van der Waals surface area contributed by atoms with Crippen molar-refractivity contribution in [1.29, 1.82) is 0 Å². The van der Waals surface area contributed by atoms with E-state index in [4.69, 9.17) is 0 Å². The molecule has 2 aromatic rings. The van der Waals surface area contributed by atoms with E-state index in [1.807, 2.05) is 24.3 Å². The quantitative estimate of drug-likeness (QED) is 0.758. The summed E-state index contributed by atoms with van der Waals surface area (Å²) in [5, 5.41) is 3.14. The fourth-order valence-corrected chi connectivity index (χ4v) is 1.17. The maximum absolute atomic E-state index is 12.6. The highest BCUT2D eigenvalue weighted by atomic mass is 19.1. The van der Waals surface area contributed by atoms with Crippen LogP contribution in [0.3, 0.4) is 0 Å². The normalized spacial score (nSPS) is 9.79. The van der Waals surface area contributed by atoms with Crippen LogP contribution in [0.4, 0.5) is 15.8 Å². The molecule has 14 heavy (non-hydrogen) atoms. The molecule has 1 nitrogen and oxygen atoms in total. The molecule has 1 radical (unpaired) electrons. The molecule has 0 saturated heterocycles. The molecule has 0 saturated carbocycles. The van der Waals surface area contributed by atoms with Crippen molar-refractivity contribution < 1.29 is 4.39 Å². The Bertz CT molecular complexity index is 394. The first kappa shape index (κ1) is 8.75. The van der Waals surface area contributed by atoms with Gasteiger partial charge in [-0.25, -0.2) is 4.39 Å². The second-order valence-electron chi connectivity index (χ2n) is 2.92. The second kappa shape index (κ2) is 3.92. The summed E-state index contributed by atoms with van der Waals surface area (Å²) in [6.45, 7) is 0. The number of halogens is 1. The van der Waals surface area contributed by atoms with E-state index in [0.717, 1.165) is 11.4 Å². The molecule has 0 aliphatic carbocycles. The van der Waals surface area contributed by atoms with Gasteiger partial charge in [0.15, 0.2) is 0 Å². The van der Waals surface area contributed by atoms with Crippen molar-refractivity contribution in [2.45, 2.75) is 0 Å². The minimum Gasteiger partial charge on any atom is -0.356 e. The van der Waals surface area contributed by atoms with Crippen LogP contribution in [0.5, 0.6) is 0 Å². The molecule has 0 heterocycles.